The molecule has 0 radical (unpaired) electrons. The number of hydrogen-bond acceptors (Lipinski definition) is 14. The van der Waals surface area contributed by atoms with E-state index in [-0.39, 0.29) is 13.2 Å². The van der Waals surface area contributed by atoms with Crippen LogP contribution in [0.4, 0.5) is 0 Å². The van der Waals surface area contributed by atoms with Gasteiger partial charge in [0.1, 0.15) is 43.7 Å². The number of rotatable bonds is 14. The molecule has 10 atom stereocenters. The number of alkyl halides is 3. The van der Waals surface area contributed by atoms with Gasteiger partial charge in [0.05, 0.1) is 6.61 Å². The summed E-state index contributed by atoms with van der Waals surface area (Å²) < 4.78 is 56.9. The molecule has 2 aliphatic heterocycles. The van der Waals surface area contributed by atoms with Gasteiger partial charge in [0, 0.05) is 34.0 Å². The Labute approximate surface area is 316 Å². The molecule has 4 unspecified atom stereocenters. The van der Waals surface area contributed by atoms with E-state index in [1.54, 1.807) is 19.1 Å². The maximum atomic E-state index is 13.5. The standard InChI is InChI=1S/C35H42Cl3NO13/c1-19-25(43-4)30(48-21(3)41)33(50-26(19)31(42)47-17-23-14-10-7-11-15-23)51-27-24(18-45-20(2)40)49-32(52-34(39)35(36,37)38)29(28(27)44-5)46-16-22-12-8-6-9-13-22/h6-15,19,24-30,32-33,39H,16-18H2,1-5H3/t19-,24-,25-,26?,27+,28?,29?,30?,32+,33-/m0/s1. The number of hydrogen-bond donors (Lipinski definition) is 1. The second-order valence-corrected chi connectivity index (χ2v) is 14.3. The zero-order valence-electron chi connectivity index (χ0n) is 29.1. The lowest BCUT2D eigenvalue weighted by Crippen LogP contribution is -2.65. The van der Waals surface area contributed by atoms with E-state index in [0.29, 0.717) is 0 Å². The molecule has 14 nitrogen and oxygen atoms in total. The second kappa shape index (κ2) is 19.3. The number of benzene rings is 2. The van der Waals surface area contributed by atoms with E-state index in [1.165, 1.54) is 28.1 Å². The highest BCUT2D eigenvalue weighted by Crippen LogP contribution is 2.37. The van der Waals surface area contributed by atoms with E-state index in [9.17, 15) is 14.4 Å². The number of carbonyl (C=O) groups excluding carboxylic acids is 3. The Kier molecular flexibility index (Phi) is 15.5. The van der Waals surface area contributed by atoms with Crippen molar-refractivity contribution in [1.82, 2.24) is 0 Å². The summed E-state index contributed by atoms with van der Waals surface area (Å²) in [5.74, 6) is -3.50. The largest absolute Gasteiger partial charge is 0.463 e. The SMILES string of the molecule is COC1C(OCc2ccccc2)[C@@H](OC(=N)C(Cl)(Cl)Cl)O[C@@H](COC(C)=O)[C@H]1O[C@@H]1OC(C(=O)OCc2ccccc2)[C@@H](C)[C@H](OC)C1OC(C)=O. The monoisotopic (exact) mass is 789 g/mol. The third-order valence-corrected chi connectivity index (χ3v) is 8.80. The second-order valence-electron chi connectivity index (χ2n) is 12.0. The van der Waals surface area contributed by atoms with Gasteiger partial charge >= 0.3 is 17.9 Å². The number of methoxy groups -OCH3 is 2. The smallest absolute Gasteiger partial charge is 0.336 e. The number of esters is 3. The lowest BCUT2D eigenvalue weighted by Gasteiger charge is -2.48. The lowest BCUT2D eigenvalue weighted by atomic mass is 9.90. The van der Waals surface area contributed by atoms with Crippen molar-refractivity contribution < 1.29 is 61.8 Å². The van der Waals surface area contributed by atoms with Crippen molar-refractivity contribution in [1.29, 1.82) is 5.41 Å². The molecular weight excluding hydrogens is 749 g/mol. The van der Waals surface area contributed by atoms with Crippen molar-refractivity contribution in [3.63, 3.8) is 0 Å². The van der Waals surface area contributed by atoms with Gasteiger partial charge in [0.25, 0.3) is 3.79 Å². The molecule has 0 spiro atoms. The minimum absolute atomic E-state index is 0.0195. The molecule has 4 rings (SSSR count). The summed E-state index contributed by atoms with van der Waals surface area (Å²) in [6.45, 7) is 3.67. The topological polar surface area (TPSA) is 167 Å². The highest BCUT2D eigenvalue weighted by molar-refractivity contribution is 6.76. The van der Waals surface area contributed by atoms with Crippen LogP contribution in [0.25, 0.3) is 0 Å². The van der Waals surface area contributed by atoms with Crippen molar-refractivity contribution in [3.05, 3.63) is 71.8 Å². The molecule has 17 heteroatoms. The molecule has 2 fully saturated rings. The molecule has 0 aromatic heterocycles. The lowest BCUT2D eigenvalue weighted by molar-refractivity contribution is -0.353. The highest BCUT2D eigenvalue weighted by Gasteiger charge is 2.55. The zero-order valence-corrected chi connectivity index (χ0v) is 31.4. The van der Waals surface area contributed by atoms with Crippen LogP contribution in [0, 0.1) is 11.3 Å². The molecule has 286 valence electrons. The number of halogens is 3. The third-order valence-electron chi connectivity index (χ3n) is 8.28. The van der Waals surface area contributed by atoms with E-state index < -0.39 is 95.4 Å². The first-order valence-electron chi connectivity index (χ1n) is 16.2. The van der Waals surface area contributed by atoms with Crippen LogP contribution in [0.15, 0.2) is 60.7 Å². The van der Waals surface area contributed by atoms with E-state index in [4.69, 9.17) is 87.6 Å². The van der Waals surface area contributed by atoms with E-state index in [1.807, 2.05) is 48.5 Å². The van der Waals surface area contributed by atoms with Crippen LogP contribution >= 0.6 is 34.8 Å². The molecule has 1 N–H and O–H groups in total. The number of ether oxygens (including phenoxy) is 10. The summed E-state index contributed by atoms with van der Waals surface area (Å²) in [5, 5.41) is 8.25. The summed E-state index contributed by atoms with van der Waals surface area (Å²) >= 11 is 17.8. The quantitative estimate of drug-likeness (QED) is 0.0923. The van der Waals surface area contributed by atoms with Crippen LogP contribution in [0.3, 0.4) is 0 Å². The van der Waals surface area contributed by atoms with Gasteiger partial charge in [-0.15, -0.1) is 0 Å². The van der Waals surface area contributed by atoms with Crippen molar-refractivity contribution >= 4 is 58.6 Å². The fourth-order valence-corrected chi connectivity index (χ4v) is 5.98. The Balaban J connectivity index is 1.70. The van der Waals surface area contributed by atoms with Crippen LogP contribution in [0.2, 0.25) is 0 Å². The normalized spacial score (nSPS) is 29.1. The maximum Gasteiger partial charge on any atom is 0.336 e. The highest BCUT2D eigenvalue weighted by atomic mass is 35.6. The van der Waals surface area contributed by atoms with Gasteiger partial charge in [-0.05, 0) is 11.1 Å². The van der Waals surface area contributed by atoms with Crippen LogP contribution in [0.1, 0.15) is 31.9 Å². The van der Waals surface area contributed by atoms with Crippen molar-refractivity contribution in [2.45, 2.75) is 93.1 Å². The molecule has 2 heterocycles. The summed E-state index contributed by atoms with van der Waals surface area (Å²) in [6.07, 6.45) is -11.1. The molecule has 2 aromatic carbocycles. The molecule has 52 heavy (non-hydrogen) atoms. The van der Waals surface area contributed by atoms with Gasteiger partial charge in [-0.2, -0.15) is 0 Å². The van der Waals surface area contributed by atoms with Gasteiger partial charge in [0.2, 0.25) is 12.2 Å². The summed E-state index contributed by atoms with van der Waals surface area (Å²) in [4.78, 5) is 37.9. The molecule has 0 saturated carbocycles. The molecule has 0 amide bonds. The van der Waals surface area contributed by atoms with E-state index >= 15 is 0 Å². The van der Waals surface area contributed by atoms with Gasteiger partial charge in [-0.1, -0.05) is 102 Å². The predicted molar refractivity (Wildman–Crippen MR) is 185 cm³/mol. The summed E-state index contributed by atoms with van der Waals surface area (Å²) in [7, 11) is 2.76. The van der Waals surface area contributed by atoms with Gasteiger partial charge in [-0.25, -0.2) is 4.79 Å². The molecule has 0 bridgehead atoms. The fourth-order valence-electron chi connectivity index (χ4n) is 5.85. The average molecular weight is 791 g/mol. The first-order chi connectivity index (χ1) is 24.7. The molecule has 0 aliphatic carbocycles. The van der Waals surface area contributed by atoms with E-state index in [0.717, 1.165) is 11.1 Å². The fraction of sp³-hybridized carbons (Fsp3) is 0.543. The molecule has 2 aromatic rings. The Morgan fingerprint density at radius 1 is 0.731 bits per heavy atom. The Bertz CT molecular complexity index is 1480. The van der Waals surface area contributed by atoms with E-state index in [2.05, 4.69) is 0 Å². The first-order valence-corrected chi connectivity index (χ1v) is 17.4. The minimum Gasteiger partial charge on any atom is -0.463 e. The Hall–Kier alpha value is -3.05. The van der Waals surface area contributed by atoms with Gasteiger partial charge < -0.3 is 47.4 Å². The van der Waals surface area contributed by atoms with Crippen molar-refractivity contribution in [3.8, 4) is 0 Å². The number of nitrogens with one attached hydrogen (secondary N) is 1. The third kappa shape index (κ3) is 11.2. The molecular formula is C35H42Cl3NO13. The average Bonchev–Trinajstić information content (AvgIpc) is 3.10. The van der Waals surface area contributed by atoms with Crippen LogP contribution in [0.5, 0.6) is 0 Å². The van der Waals surface area contributed by atoms with Gasteiger partial charge in [0.15, 0.2) is 18.5 Å². The minimum atomic E-state index is -2.27. The number of carbonyl (C=O) groups is 3. The van der Waals surface area contributed by atoms with Crippen LogP contribution in [-0.4, -0.2) is 104 Å². The Morgan fingerprint density at radius 3 is 1.87 bits per heavy atom. The summed E-state index contributed by atoms with van der Waals surface area (Å²) in [5.41, 5.74) is 1.52. The van der Waals surface area contributed by atoms with Gasteiger partial charge in [-0.3, -0.25) is 15.0 Å². The molecule has 2 aliphatic rings. The van der Waals surface area contributed by atoms with Crippen molar-refractivity contribution in [2.24, 2.45) is 5.92 Å². The summed E-state index contributed by atoms with van der Waals surface area (Å²) in [6, 6.07) is 18.2. The zero-order chi connectivity index (χ0) is 38.0. The Morgan fingerprint density at radius 2 is 1.33 bits per heavy atom. The first kappa shape index (κ1) is 41.7. The predicted octanol–water partition coefficient (Wildman–Crippen LogP) is 4.68. The van der Waals surface area contributed by atoms with Crippen LogP contribution < -0.4 is 0 Å². The molecule has 2 saturated heterocycles. The van der Waals surface area contributed by atoms with Crippen LogP contribution in [-0.2, 0) is 75.0 Å². The maximum absolute atomic E-state index is 13.5. The van der Waals surface area contributed by atoms with Crippen molar-refractivity contribution in [2.75, 3.05) is 20.8 Å².